The van der Waals surface area contributed by atoms with Crippen LogP contribution in [-0.4, -0.2) is 24.9 Å². The Morgan fingerprint density at radius 1 is 0.333 bits per heavy atom. The summed E-state index contributed by atoms with van der Waals surface area (Å²) in [6, 6.07) is 31.3. The van der Waals surface area contributed by atoms with Crippen molar-refractivity contribution < 1.29 is 0 Å². The molecule has 3 heterocycles. The summed E-state index contributed by atoms with van der Waals surface area (Å²) in [5.41, 5.74) is 2.72. The van der Waals surface area contributed by atoms with E-state index in [1.807, 2.05) is 24.3 Å². The molecule has 4 aromatic carbocycles. The van der Waals surface area contributed by atoms with Crippen LogP contribution in [0.2, 0.25) is 0 Å². The molecule has 0 atom stereocenters. The van der Waals surface area contributed by atoms with Crippen LogP contribution in [0.1, 0.15) is 0 Å². The highest BCUT2D eigenvalue weighted by molar-refractivity contribution is 6.25. The molecule has 0 aliphatic carbocycles. The average molecular weight is 462 g/mol. The van der Waals surface area contributed by atoms with Crippen molar-refractivity contribution in [2.75, 3.05) is 0 Å². The molecule has 0 radical (unpaired) electrons. The van der Waals surface area contributed by atoms with Gasteiger partial charge in [0.25, 0.3) is 0 Å². The van der Waals surface area contributed by atoms with Gasteiger partial charge in [-0.25, -0.2) is 15.0 Å². The van der Waals surface area contributed by atoms with Crippen molar-refractivity contribution in [2.24, 2.45) is 0 Å². The Morgan fingerprint density at radius 2 is 0.722 bits per heavy atom. The molecule has 0 aliphatic rings. The summed E-state index contributed by atoms with van der Waals surface area (Å²) in [6.07, 6.45) is 6.99. The van der Waals surface area contributed by atoms with Crippen LogP contribution in [-0.2, 0) is 0 Å². The predicted octanol–water partition coefficient (Wildman–Crippen LogP) is 7.12. The van der Waals surface area contributed by atoms with Gasteiger partial charge in [-0.2, -0.15) is 0 Å². The molecule has 0 bridgehead atoms. The average Bonchev–Trinajstić information content (AvgIpc) is 2.98. The maximum Gasteiger partial charge on any atom is 0.164 e. The normalized spacial score (nSPS) is 11.3. The molecule has 168 valence electrons. The molecule has 0 aliphatic heterocycles. The number of pyridine rings is 2. The van der Waals surface area contributed by atoms with Crippen molar-refractivity contribution in [3.63, 3.8) is 0 Å². The lowest BCUT2D eigenvalue weighted by molar-refractivity contribution is 1.07. The highest BCUT2D eigenvalue weighted by Crippen LogP contribution is 2.37. The van der Waals surface area contributed by atoms with E-state index in [1.165, 1.54) is 32.3 Å². The third-order valence-corrected chi connectivity index (χ3v) is 6.51. The summed E-state index contributed by atoms with van der Waals surface area (Å²) in [5, 5.41) is 7.34. The van der Waals surface area contributed by atoms with E-state index in [0.717, 1.165) is 16.7 Å². The SMILES string of the molecule is c1ccc2c(c1)c1ccccc1c1cc(-c3nc(-c4ccncc4)nc(-c4ccncc4)n3)ccc21. The minimum absolute atomic E-state index is 0.609. The Kier molecular flexibility index (Phi) is 4.71. The fourth-order valence-corrected chi connectivity index (χ4v) is 4.81. The summed E-state index contributed by atoms with van der Waals surface area (Å²) in [6.45, 7) is 0. The molecule has 0 N–H and O–H groups in total. The third kappa shape index (κ3) is 3.37. The fraction of sp³-hybridized carbons (Fsp3) is 0. The molecular weight excluding hydrogens is 442 g/mol. The zero-order valence-electron chi connectivity index (χ0n) is 19.2. The van der Waals surface area contributed by atoms with Crippen LogP contribution in [0.25, 0.3) is 66.5 Å². The fourth-order valence-electron chi connectivity index (χ4n) is 4.81. The Morgan fingerprint density at radius 3 is 1.19 bits per heavy atom. The van der Waals surface area contributed by atoms with Crippen LogP contribution < -0.4 is 0 Å². The summed E-state index contributed by atoms with van der Waals surface area (Å²) in [5.74, 6) is 1.85. The van der Waals surface area contributed by atoms with E-state index in [-0.39, 0.29) is 0 Å². The number of rotatable bonds is 3. The third-order valence-electron chi connectivity index (χ3n) is 6.51. The molecule has 36 heavy (non-hydrogen) atoms. The predicted molar refractivity (Wildman–Crippen MR) is 144 cm³/mol. The van der Waals surface area contributed by atoms with Crippen LogP contribution in [0.4, 0.5) is 0 Å². The molecule has 5 heteroatoms. The molecule has 0 fully saturated rings. The number of hydrogen-bond donors (Lipinski definition) is 0. The summed E-state index contributed by atoms with van der Waals surface area (Å²) in [7, 11) is 0. The summed E-state index contributed by atoms with van der Waals surface area (Å²) < 4.78 is 0. The summed E-state index contributed by atoms with van der Waals surface area (Å²) >= 11 is 0. The second kappa shape index (κ2) is 8.32. The highest BCUT2D eigenvalue weighted by atomic mass is 15.0. The minimum atomic E-state index is 0.609. The van der Waals surface area contributed by atoms with E-state index in [0.29, 0.717) is 17.5 Å². The molecule has 7 rings (SSSR count). The van der Waals surface area contributed by atoms with Gasteiger partial charge >= 0.3 is 0 Å². The molecule has 7 aromatic rings. The Labute approximate surface area is 207 Å². The molecule has 5 nitrogen and oxygen atoms in total. The van der Waals surface area contributed by atoms with Crippen molar-refractivity contribution in [3.8, 4) is 34.2 Å². The van der Waals surface area contributed by atoms with Gasteiger partial charge in [-0.1, -0.05) is 60.7 Å². The lowest BCUT2D eigenvalue weighted by Gasteiger charge is -2.12. The highest BCUT2D eigenvalue weighted by Gasteiger charge is 2.14. The van der Waals surface area contributed by atoms with Gasteiger partial charge in [0.2, 0.25) is 0 Å². The molecule has 3 aromatic heterocycles. The Bertz CT molecular complexity index is 1790. The van der Waals surface area contributed by atoms with Crippen molar-refractivity contribution in [1.82, 2.24) is 24.9 Å². The smallest absolute Gasteiger partial charge is 0.164 e. The topological polar surface area (TPSA) is 64.5 Å². The molecule has 0 amide bonds. The first-order valence-corrected chi connectivity index (χ1v) is 11.8. The van der Waals surface area contributed by atoms with Gasteiger partial charge in [0.1, 0.15) is 0 Å². The lowest BCUT2D eigenvalue weighted by atomic mass is 9.93. The largest absolute Gasteiger partial charge is 0.265 e. The number of fused-ring (bicyclic) bond motifs is 6. The van der Waals surface area contributed by atoms with Crippen molar-refractivity contribution in [1.29, 1.82) is 0 Å². The first kappa shape index (κ1) is 20.4. The van der Waals surface area contributed by atoms with Crippen molar-refractivity contribution in [2.45, 2.75) is 0 Å². The van der Waals surface area contributed by atoms with Gasteiger partial charge in [-0.3, -0.25) is 9.97 Å². The lowest BCUT2D eigenvalue weighted by Crippen LogP contribution is -2.00. The van der Waals surface area contributed by atoms with Crippen LogP contribution in [0.15, 0.2) is 116 Å². The molecule has 0 saturated heterocycles. The van der Waals surface area contributed by atoms with Crippen LogP contribution in [0.5, 0.6) is 0 Å². The van der Waals surface area contributed by atoms with Crippen molar-refractivity contribution in [3.05, 3.63) is 116 Å². The number of nitrogens with zero attached hydrogens (tertiary/aromatic N) is 5. The van der Waals surface area contributed by atoms with Gasteiger partial charge in [0.05, 0.1) is 0 Å². The van der Waals surface area contributed by atoms with Crippen LogP contribution in [0, 0.1) is 0 Å². The number of hydrogen-bond acceptors (Lipinski definition) is 5. The van der Waals surface area contributed by atoms with Gasteiger partial charge in [0, 0.05) is 41.5 Å². The standard InChI is InChI=1S/C31H19N5/c1-2-7-25-23(5-1)24-6-3-4-8-26(24)28-19-22(9-10-27(25)28)31-35-29(20-11-15-32-16-12-20)34-30(36-31)21-13-17-33-18-14-21/h1-19H. The van der Waals surface area contributed by atoms with Gasteiger partial charge in [-0.05, 0) is 62.6 Å². The maximum atomic E-state index is 4.88. The number of aromatic nitrogens is 5. The maximum absolute atomic E-state index is 4.88. The Balaban J connectivity index is 1.51. The summed E-state index contributed by atoms with van der Waals surface area (Å²) in [4.78, 5) is 22.8. The van der Waals surface area contributed by atoms with E-state index in [9.17, 15) is 0 Å². The van der Waals surface area contributed by atoms with Gasteiger partial charge < -0.3 is 0 Å². The Hall–Kier alpha value is -5.03. The zero-order valence-corrected chi connectivity index (χ0v) is 19.2. The van der Waals surface area contributed by atoms with E-state index in [4.69, 9.17) is 15.0 Å². The van der Waals surface area contributed by atoms with E-state index in [1.54, 1.807) is 24.8 Å². The molecule has 0 spiro atoms. The van der Waals surface area contributed by atoms with Gasteiger partial charge in [-0.15, -0.1) is 0 Å². The van der Waals surface area contributed by atoms with Crippen LogP contribution in [0.3, 0.4) is 0 Å². The molecule has 0 saturated carbocycles. The quantitative estimate of drug-likeness (QED) is 0.262. The zero-order chi connectivity index (χ0) is 23.9. The first-order valence-electron chi connectivity index (χ1n) is 11.8. The van der Waals surface area contributed by atoms with Crippen LogP contribution >= 0.6 is 0 Å². The van der Waals surface area contributed by atoms with E-state index < -0.39 is 0 Å². The molecule has 0 unspecified atom stereocenters. The monoisotopic (exact) mass is 461 g/mol. The van der Waals surface area contributed by atoms with E-state index >= 15 is 0 Å². The molecular formula is C31H19N5. The second-order valence-corrected chi connectivity index (χ2v) is 8.63. The number of benzene rings is 4. The van der Waals surface area contributed by atoms with E-state index in [2.05, 4.69) is 76.7 Å². The van der Waals surface area contributed by atoms with Crippen molar-refractivity contribution >= 4 is 32.3 Å². The van der Waals surface area contributed by atoms with Gasteiger partial charge in [0.15, 0.2) is 17.5 Å². The second-order valence-electron chi connectivity index (χ2n) is 8.63. The first-order chi connectivity index (χ1) is 17.8. The minimum Gasteiger partial charge on any atom is -0.265 e.